The first-order valence-electron chi connectivity index (χ1n) is 12.9. The van der Waals surface area contributed by atoms with Crippen LogP contribution in [0.3, 0.4) is 0 Å². The SMILES string of the molecule is COCCOC(=O)c1ccc(C(=O)OC2CC3CC(OC(=O)c4ccc(C(C)=O)cc4)C2(C)OC3(C)C)cc1. The number of carbonyl (C=O) groups is 4. The summed E-state index contributed by atoms with van der Waals surface area (Å²) in [5.74, 6) is -1.73. The minimum Gasteiger partial charge on any atom is -0.460 e. The van der Waals surface area contributed by atoms with Crippen molar-refractivity contribution in [3.05, 3.63) is 70.8 Å². The molecule has 5 rings (SSSR count). The maximum atomic E-state index is 13.1. The average molecular weight is 539 g/mol. The van der Waals surface area contributed by atoms with Gasteiger partial charge in [0.25, 0.3) is 0 Å². The second-order valence-corrected chi connectivity index (χ2v) is 10.7. The van der Waals surface area contributed by atoms with Crippen molar-refractivity contribution in [3.63, 3.8) is 0 Å². The number of fused-ring (bicyclic) bond motifs is 3. The molecular weight excluding hydrogens is 504 g/mol. The first kappa shape index (κ1) is 28.4. The zero-order valence-electron chi connectivity index (χ0n) is 22.9. The largest absolute Gasteiger partial charge is 0.460 e. The van der Waals surface area contributed by atoms with Crippen molar-refractivity contribution in [2.75, 3.05) is 20.3 Å². The van der Waals surface area contributed by atoms with Crippen LogP contribution >= 0.6 is 0 Å². The van der Waals surface area contributed by atoms with Crippen molar-refractivity contribution in [1.82, 2.24) is 0 Å². The summed E-state index contributed by atoms with van der Waals surface area (Å²) in [5, 5.41) is 0. The number of esters is 3. The second-order valence-electron chi connectivity index (χ2n) is 10.7. The van der Waals surface area contributed by atoms with Crippen LogP contribution in [0.25, 0.3) is 0 Å². The molecule has 0 spiro atoms. The number of rotatable bonds is 9. The summed E-state index contributed by atoms with van der Waals surface area (Å²) in [6.07, 6.45) is -0.186. The van der Waals surface area contributed by atoms with Gasteiger partial charge in [0.05, 0.1) is 28.9 Å². The lowest BCUT2D eigenvalue weighted by molar-refractivity contribution is -0.309. The minimum absolute atomic E-state index is 0.0146. The van der Waals surface area contributed by atoms with Crippen molar-refractivity contribution in [1.29, 1.82) is 0 Å². The molecule has 0 N–H and O–H groups in total. The highest BCUT2D eigenvalue weighted by Crippen LogP contribution is 2.52. The fourth-order valence-corrected chi connectivity index (χ4v) is 5.25. The van der Waals surface area contributed by atoms with Crippen LogP contribution in [-0.2, 0) is 23.7 Å². The smallest absolute Gasteiger partial charge is 0.338 e. The van der Waals surface area contributed by atoms with E-state index in [2.05, 4.69) is 0 Å². The molecule has 2 bridgehead atoms. The number of methoxy groups -OCH3 is 1. The maximum absolute atomic E-state index is 13.1. The first-order chi connectivity index (χ1) is 18.4. The molecule has 1 saturated carbocycles. The van der Waals surface area contributed by atoms with E-state index in [0.29, 0.717) is 36.1 Å². The fourth-order valence-electron chi connectivity index (χ4n) is 5.25. The molecule has 2 saturated heterocycles. The van der Waals surface area contributed by atoms with Crippen molar-refractivity contribution in [2.24, 2.45) is 5.92 Å². The molecule has 1 aliphatic carbocycles. The lowest BCUT2D eigenvalue weighted by Gasteiger charge is -2.59. The summed E-state index contributed by atoms with van der Waals surface area (Å²) in [6, 6.07) is 12.3. The van der Waals surface area contributed by atoms with Crippen LogP contribution in [0.2, 0.25) is 0 Å². The van der Waals surface area contributed by atoms with E-state index in [0.717, 1.165) is 0 Å². The third-order valence-corrected chi connectivity index (χ3v) is 7.64. The minimum atomic E-state index is -1.08. The van der Waals surface area contributed by atoms with Crippen LogP contribution in [0.1, 0.15) is 82.0 Å². The summed E-state index contributed by atoms with van der Waals surface area (Å²) in [4.78, 5) is 49.7. The van der Waals surface area contributed by atoms with E-state index in [-0.39, 0.29) is 23.9 Å². The quantitative estimate of drug-likeness (QED) is 0.198. The molecule has 2 aromatic rings. The standard InChI is InChI=1S/C30H34O9/c1-18(31)19-6-8-21(9-7-19)27(33)37-24-16-23-17-25(30(24,4)39-29(23,2)3)38-28(34)22-12-10-20(11-13-22)26(32)36-15-14-35-5/h6-13,23-25H,14-17H2,1-5H3. The van der Waals surface area contributed by atoms with Gasteiger partial charge in [0.2, 0.25) is 0 Å². The van der Waals surface area contributed by atoms with Gasteiger partial charge >= 0.3 is 17.9 Å². The third kappa shape index (κ3) is 6.04. The molecule has 208 valence electrons. The average Bonchev–Trinajstić information content (AvgIpc) is 2.90. The molecule has 0 aromatic heterocycles. The van der Waals surface area contributed by atoms with E-state index in [1.807, 2.05) is 13.8 Å². The summed E-state index contributed by atoms with van der Waals surface area (Å²) in [5.41, 5.74) is -0.170. The zero-order chi connectivity index (χ0) is 28.4. The summed E-state index contributed by atoms with van der Waals surface area (Å²) >= 11 is 0. The van der Waals surface area contributed by atoms with Crippen molar-refractivity contribution < 1.29 is 42.9 Å². The van der Waals surface area contributed by atoms with E-state index < -0.39 is 41.3 Å². The number of hydrogen-bond donors (Lipinski definition) is 0. The van der Waals surface area contributed by atoms with Crippen LogP contribution in [-0.4, -0.2) is 67.4 Å². The van der Waals surface area contributed by atoms with Gasteiger partial charge in [-0.1, -0.05) is 12.1 Å². The Bertz CT molecular complexity index is 1230. The number of benzene rings is 2. The predicted molar refractivity (Wildman–Crippen MR) is 140 cm³/mol. The Labute approximate surface area is 227 Å². The molecule has 3 fully saturated rings. The van der Waals surface area contributed by atoms with Gasteiger partial charge in [-0.25, -0.2) is 14.4 Å². The van der Waals surface area contributed by atoms with E-state index in [1.54, 1.807) is 31.2 Å². The van der Waals surface area contributed by atoms with Gasteiger partial charge in [0.1, 0.15) is 24.4 Å². The van der Waals surface area contributed by atoms with Gasteiger partial charge < -0.3 is 23.7 Å². The predicted octanol–water partition coefficient (Wildman–Crippen LogP) is 4.42. The molecule has 2 heterocycles. The molecule has 4 unspecified atom stereocenters. The van der Waals surface area contributed by atoms with Crippen LogP contribution in [0.5, 0.6) is 0 Å². The van der Waals surface area contributed by atoms with Crippen LogP contribution in [0.4, 0.5) is 0 Å². The Kier molecular flexibility index (Phi) is 8.23. The van der Waals surface area contributed by atoms with Gasteiger partial charge in [0.15, 0.2) is 5.78 Å². The highest BCUT2D eigenvalue weighted by Gasteiger charge is 2.62. The number of ether oxygens (including phenoxy) is 5. The molecule has 4 atom stereocenters. The van der Waals surface area contributed by atoms with Gasteiger partial charge in [-0.2, -0.15) is 0 Å². The molecule has 3 aliphatic rings. The van der Waals surface area contributed by atoms with Crippen LogP contribution in [0, 0.1) is 5.92 Å². The Balaban J connectivity index is 1.46. The molecule has 39 heavy (non-hydrogen) atoms. The van der Waals surface area contributed by atoms with E-state index in [9.17, 15) is 19.2 Å². The molecular formula is C30H34O9. The Hall–Kier alpha value is -3.56. The Morgan fingerprint density at radius 2 is 1.18 bits per heavy atom. The lowest BCUT2D eigenvalue weighted by atomic mass is 9.65. The Morgan fingerprint density at radius 3 is 1.62 bits per heavy atom. The fraction of sp³-hybridized carbons (Fsp3) is 0.467. The topological polar surface area (TPSA) is 114 Å². The first-order valence-corrected chi connectivity index (χ1v) is 12.9. The molecule has 9 nitrogen and oxygen atoms in total. The van der Waals surface area contributed by atoms with Crippen LogP contribution < -0.4 is 0 Å². The summed E-state index contributed by atoms with van der Waals surface area (Å²) in [6.45, 7) is 7.65. The summed E-state index contributed by atoms with van der Waals surface area (Å²) < 4.78 is 28.2. The number of Topliss-reactive ketones (excluding diaryl/α,β-unsaturated/α-hetero) is 1. The van der Waals surface area contributed by atoms with Crippen molar-refractivity contribution in [3.8, 4) is 0 Å². The zero-order valence-corrected chi connectivity index (χ0v) is 22.9. The highest BCUT2D eigenvalue weighted by molar-refractivity contribution is 5.96. The van der Waals surface area contributed by atoms with Gasteiger partial charge in [0, 0.05) is 12.7 Å². The molecule has 2 aliphatic heterocycles. The van der Waals surface area contributed by atoms with Gasteiger partial charge in [-0.3, -0.25) is 4.79 Å². The summed E-state index contributed by atoms with van der Waals surface area (Å²) in [7, 11) is 1.51. The number of carbonyl (C=O) groups excluding carboxylic acids is 4. The maximum Gasteiger partial charge on any atom is 0.338 e. The van der Waals surface area contributed by atoms with E-state index >= 15 is 0 Å². The third-order valence-electron chi connectivity index (χ3n) is 7.64. The van der Waals surface area contributed by atoms with Crippen LogP contribution in [0.15, 0.2) is 48.5 Å². The molecule has 9 heteroatoms. The number of ketones is 1. The lowest BCUT2D eigenvalue weighted by Crippen LogP contribution is -2.69. The molecule has 0 amide bonds. The normalized spacial score (nSPS) is 25.0. The number of hydrogen-bond acceptors (Lipinski definition) is 9. The monoisotopic (exact) mass is 538 g/mol. The second kappa shape index (κ2) is 11.3. The molecule has 2 aromatic carbocycles. The van der Waals surface area contributed by atoms with Crippen molar-refractivity contribution in [2.45, 2.75) is 63.9 Å². The molecule has 0 radical (unpaired) electrons. The van der Waals surface area contributed by atoms with Crippen molar-refractivity contribution >= 4 is 23.7 Å². The van der Waals surface area contributed by atoms with E-state index in [1.165, 1.54) is 38.3 Å². The van der Waals surface area contributed by atoms with Gasteiger partial charge in [-0.05, 0) is 82.9 Å². The van der Waals surface area contributed by atoms with E-state index in [4.69, 9.17) is 23.7 Å². The Morgan fingerprint density at radius 1 is 0.744 bits per heavy atom. The van der Waals surface area contributed by atoms with Gasteiger partial charge in [-0.15, -0.1) is 0 Å². The highest BCUT2D eigenvalue weighted by atomic mass is 16.6.